The van der Waals surface area contributed by atoms with Gasteiger partial charge in [-0.3, -0.25) is 4.79 Å². The molecule has 26 heavy (non-hydrogen) atoms. The van der Waals surface area contributed by atoms with E-state index < -0.39 is 0 Å². The van der Waals surface area contributed by atoms with E-state index in [1.165, 1.54) is 5.56 Å². The first kappa shape index (κ1) is 19.6. The molecule has 2 aromatic carbocycles. The van der Waals surface area contributed by atoms with Crippen LogP contribution in [0.3, 0.4) is 0 Å². The van der Waals surface area contributed by atoms with Gasteiger partial charge in [-0.2, -0.15) is 0 Å². The van der Waals surface area contributed by atoms with Crippen molar-refractivity contribution >= 4 is 5.91 Å². The third-order valence-electron chi connectivity index (χ3n) is 4.10. The van der Waals surface area contributed by atoms with Gasteiger partial charge in [0.15, 0.2) is 11.5 Å². The highest BCUT2D eigenvalue weighted by atomic mass is 16.5. The number of rotatable bonds is 9. The van der Waals surface area contributed by atoms with Crippen LogP contribution in [0.4, 0.5) is 0 Å². The van der Waals surface area contributed by atoms with Crippen LogP contribution < -0.4 is 19.5 Å². The minimum atomic E-state index is 0.00372. The smallest absolute Gasteiger partial charge is 0.220 e. The van der Waals surface area contributed by atoms with Crippen molar-refractivity contribution in [2.45, 2.75) is 26.7 Å². The number of methoxy groups -OCH3 is 2. The van der Waals surface area contributed by atoms with Gasteiger partial charge in [-0.15, -0.1) is 0 Å². The zero-order chi connectivity index (χ0) is 18.9. The molecule has 5 heteroatoms. The zero-order valence-corrected chi connectivity index (χ0v) is 15.9. The second-order valence-electron chi connectivity index (χ2n) is 6.16. The van der Waals surface area contributed by atoms with Crippen LogP contribution in [0, 0.1) is 13.8 Å². The highest BCUT2D eigenvalue weighted by Gasteiger charge is 2.07. The fourth-order valence-electron chi connectivity index (χ4n) is 2.70. The zero-order valence-electron chi connectivity index (χ0n) is 15.9. The van der Waals surface area contributed by atoms with E-state index in [0.717, 1.165) is 16.9 Å². The largest absolute Gasteiger partial charge is 0.493 e. The number of hydrogen-bond acceptors (Lipinski definition) is 4. The number of hydrogen-bond donors (Lipinski definition) is 1. The molecule has 0 bridgehead atoms. The summed E-state index contributed by atoms with van der Waals surface area (Å²) >= 11 is 0. The second kappa shape index (κ2) is 9.70. The van der Waals surface area contributed by atoms with Crippen molar-refractivity contribution in [2.75, 3.05) is 27.4 Å². The summed E-state index contributed by atoms with van der Waals surface area (Å²) in [5.74, 6) is 2.22. The van der Waals surface area contributed by atoms with Gasteiger partial charge in [0.25, 0.3) is 0 Å². The fraction of sp³-hybridized carbons (Fsp3) is 0.381. The average molecular weight is 357 g/mol. The summed E-state index contributed by atoms with van der Waals surface area (Å²) < 4.78 is 16.2. The van der Waals surface area contributed by atoms with Crippen molar-refractivity contribution in [1.29, 1.82) is 0 Å². The van der Waals surface area contributed by atoms with Crippen molar-refractivity contribution in [3.8, 4) is 17.2 Å². The molecule has 0 radical (unpaired) electrons. The molecule has 0 aliphatic rings. The lowest BCUT2D eigenvalue weighted by Gasteiger charge is -2.11. The summed E-state index contributed by atoms with van der Waals surface area (Å²) in [4.78, 5) is 12.0. The SMILES string of the molecule is COc1ccc(CCC(=O)NCCOc2ccc(C)cc2C)cc1OC. The number of nitrogens with one attached hydrogen (secondary N) is 1. The Kier molecular flexibility index (Phi) is 7.33. The number of ether oxygens (including phenoxy) is 3. The van der Waals surface area contributed by atoms with Gasteiger partial charge in [0.2, 0.25) is 5.91 Å². The van der Waals surface area contributed by atoms with Crippen molar-refractivity contribution in [2.24, 2.45) is 0 Å². The van der Waals surface area contributed by atoms with Crippen LogP contribution in [-0.2, 0) is 11.2 Å². The van der Waals surface area contributed by atoms with Gasteiger partial charge in [-0.25, -0.2) is 0 Å². The monoisotopic (exact) mass is 357 g/mol. The topological polar surface area (TPSA) is 56.8 Å². The molecule has 0 fully saturated rings. The van der Waals surface area contributed by atoms with Gasteiger partial charge in [0.1, 0.15) is 12.4 Å². The van der Waals surface area contributed by atoms with Crippen molar-refractivity contribution in [3.63, 3.8) is 0 Å². The van der Waals surface area contributed by atoms with Crippen molar-refractivity contribution < 1.29 is 19.0 Å². The van der Waals surface area contributed by atoms with E-state index in [9.17, 15) is 4.79 Å². The van der Waals surface area contributed by atoms with Gasteiger partial charge in [0, 0.05) is 6.42 Å². The maximum atomic E-state index is 12.0. The number of carbonyl (C=O) groups excluding carboxylic acids is 1. The van der Waals surface area contributed by atoms with Crippen LogP contribution in [0.2, 0.25) is 0 Å². The maximum Gasteiger partial charge on any atom is 0.220 e. The normalized spacial score (nSPS) is 10.3. The van der Waals surface area contributed by atoms with E-state index in [2.05, 4.69) is 18.3 Å². The Hall–Kier alpha value is -2.69. The minimum absolute atomic E-state index is 0.00372. The van der Waals surface area contributed by atoms with Gasteiger partial charge in [-0.05, 0) is 49.6 Å². The standard InChI is InChI=1S/C21H27NO4/c1-15-5-8-18(16(2)13-15)26-12-11-22-21(23)10-7-17-6-9-19(24-3)20(14-17)25-4/h5-6,8-9,13-14H,7,10-12H2,1-4H3,(H,22,23). The first-order valence-corrected chi connectivity index (χ1v) is 8.71. The molecule has 0 spiro atoms. The van der Waals surface area contributed by atoms with Crippen LogP contribution >= 0.6 is 0 Å². The first-order valence-electron chi connectivity index (χ1n) is 8.71. The lowest BCUT2D eigenvalue weighted by atomic mass is 10.1. The molecule has 0 aliphatic heterocycles. The molecule has 1 N–H and O–H groups in total. The summed E-state index contributed by atoms with van der Waals surface area (Å²) in [6.07, 6.45) is 1.06. The molecular weight excluding hydrogens is 330 g/mol. The van der Waals surface area contributed by atoms with E-state index in [-0.39, 0.29) is 5.91 Å². The Balaban J connectivity index is 1.72. The van der Waals surface area contributed by atoms with E-state index in [0.29, 0.717) is 37.5 Å². The summed E-state index contributed by atoms with van der Waals surface area (Å²) in [5.41, 5.74) is 3.34. The fourth-order valence-corrected chi connectivity index (χ4v) is 2.70. The molecule has 0 aliphatic carbocycles. The lowest BCUT2D eigenvalue weighted by molar-refractivity contribution is -0.121. The molecule has 0 aromatic heterocycles. The van der Waals surface area contributed by atoms with E-state index in [1.54, 1.807) is 14.2 Å². The van der Waals surface area contributed by atoms with Gasteiger partial charge >= 0.3 is 0 Å². The predicted octanol–water partition coefficient (Wildman–Crippen LogP) is 3.45. The number of benzene rings is 2. The first-order chi connectivity index (χ1) is 12.5. The Labute approximate surface area is 155 Å². The van der Waals surface area contributed by atoms with Crippen LogP contribution in [0.5, 0.6) is 17.2 Å². The molecular formula is C21H27NO4. The van der Waals surface area contributed by atoms with Crippen molar-refractivity contribution in [3.05, 3.63) is 53.1 Å². The van der Waals surface area contributed by atoms with Crippen LogP contribution in [0.25, 0.3) is 0 Å². The third kappa shape index (κ3) is 5.69. The molecule has 0 unspecified atom stereocenters. The highest BCUT2D eigenvalue weighted by molar-refractivity contribution is 5.76. The third-order valence-corrected chi connectivity index (χ3v) is 4.10. The van der Waals surface area contributed by atoms with Crippen LogP contribution in [-0.4, -0.2) is 33.3 Å². The number of aryl methyl sites for hydroxylation is 3. The molecule has 0 saturated carbocycles. The quantitative estimate of drug-likeness (QED) is 0.699. The number of amides is 1. The molecule has 2 rings (SSSR count). The molecule has 2 aromatic rings. The average Bonchev–Trinajstić information content (AvgIpc) is 2.64. The molecule has 140 valence electrons. The van der Waals surface area contributed by atoms with Crippen LogP contribution in [0.15, 0.2) is 36.4 Å². The Bertz CT molecular complexity index is 743. The summed E-state index contributed by atoms with van der Waals surface area (Å²) in [6, 6.07) is 11.8. The Morgan fingerprint density at radius 1 is 0.962 bits per heavy atom. The molecule has 0 saturated heterocycles. The number of carbonyl (C=O) groups is 1. The van der Waals surface area contributed by atoms with Crippen LogP contribution in [0.1, 0.15) is 23.1 Å². The summed E-state index contributed by atoms with van der Waals surface area (Å²) in [6.45, 7) is 5.00. The van der Waals surface area contributed by atoms with Crippen molar-refractivity contribution in [1.82, 2.24) is 5.32 Å². The molecule has 0 heterocycles. The van der Waals surface area contributed by atoms with Gasteiger partial charge in [0.05, 0.1) is 20.8 Å². The lowest BCUT2D eigenvalue weighted by Crippen LogP contribution is -2.28. The highest BCUT2D eigenvalue weighted by Crippen LogP contribution is 2.27. The summed E-state index contributed by atoms with van der Waals surface area (Å²) in [5, 5.41) is 2.89. The van der Waals surface area contributed by atoms with E-state index in [4.69, 9.17) is 14.2 Å². The van der Waals surface area contributed by atoms with E-state index >= 15 is 0 Å². The molecule has 0 atom stereocenters. The Morgan fingerprint density at radius 3 is 2.38 bits per heavy atom. The predicted molar refractivity (Wildman–Crippen MR) is 102 cm³/mol. The Morgan fingerprint density at radius 2 is 1.69 bits per heavy atom. The molecule has 5 nitrogen and oxygen atoms in total. The van der Waals surface area contributed by atoms with Gasteiger partial charge in [-0.1, -0.05) is 23.8 Å². The molecule has 1 amide bonds. The van der Waals surface area contributed by atoms with Gasteiger partial charge < -0.3 is 19.5 Å². The maximum absolute atomic E-state index is 12.0. The summed E-state index contributed by atoms with van der Waals surface area (Å²) in [7, 11) is 3.20. The van der Waals surface area contributed by atoms with E-state index in [1.807, 2.05) is 37.3 Å². The minimum Gasteiger partial charge on any atom is -0.493 e. The second-order valence-corrected chi connectivity index (χ2v) is 6.16.